The average molecular weight is 318 g/mol. The lowest BCUT2D eigenvalue weighted by molar-refractivity contribution is 0.0652. The molecule has 0 aliphatic carbocycles. The van der Waals surface area contributed by atoms with E-state index < -0.39 is 5.97 Å². The largest absolute Gasteiger partial charge is 0.493 e. The molecule has 3 rings (SSSR count). The lowest BCUT2D eigenvalue weighted by Crippen LogP contribution is -2.21. The molecule has 1 atom stereocenters. The number of aromatic nitrogens is 1. The van der Waals surface area contributed by atoms with Crippen LogP contribution in [0.5, 0.6) is 11.5 Å². The number of nitrogens with zero attached hydrogens (tertiary/aromatic N) is 2. The van der Waals surface area contributed by atoms with E-state index in [-0.39, 0.29) is 11.9 Å². The minimum absolute atomic E-state index is 0.144. The number of likely N-dealkylation sites (tertiary alicyclic amines) is 1. The van der Waals surface area contributed by atoms with Gasteiger partial charge in [-0.15, -0.1) is 0 Å². The van der Waals surface area contributed by atoms with Crippen LogP contribution >= 0.6 is 0 Å². The topological polar surface area (TPSA) is 85.0 Å². The van der Waals surface area contributed by atoms with Crippen LogP contribution in [0.2, 0.25) is 0 Å². The molecule has 0 bridgehead atoms. The van der Waals surface area contributed by atoms with Gasteiger partial charge in [0, 0.05) is 24.7 Å². The van der Waals surface area contributed by atoms with Crippen molar-refractivity contribution in [2.24, 2.45) is 0 Å². The third-order valence-corrected chi connectivity index (χ3v) is 3.82. The van der Waals surface area contributed by atoms with E-state index in [1.54, 1.807) is 19.2 Å². The minimum atomic E-state index is -1.15. The van der Waals surface area contributed by atoms with E-state index in [2.05, 4.69) is 17.1 Å². The van der Waals surface area contributed by atoms with E-state index >= 15 is 0 Å². The molecule has 1 aliphatic rings. The highest BCUT2D eigenvalue weighted by molar-refractivity contribution is 5.85. The molecule has 2 aromatic rings. The first-order valence-electron chi connectivity index (χ1n) is 7.30. The van der Waals surface area contributed by atoms with Gasteiger partial charge in [0.05, 0.1) is 7.11 Å². The van der Waals surface area contributed by atoms with E-state index in [0.29, 0.717) is 22.8 Å². The molecule has 1 aromatic carbocycles. The summed E-state index contributed by atoms with van der Waals surface area (Å²) < 4.78 is 16.2. The number of benzene rings is 1. The highest BCUT2D eigenvalue weighted by Crippen LogP contribution is 2.33. The summed E-state index contributed by atoms with van der Waals surface area (Å²) in [4.78, 5) is 13.1. The van der Waals surface area contributed by atoms with Crippen LogP contribution in [0.3, 0.4) is 0 Å². The van der Waals surface area contributed by atoms with Gasteiger partial charge in [-0.25, -0.2) is 4.79 Å². The summed E-state index contributed by atoms with van der Waals surface area (Å²) in [5.41, 5.74) is 1.14. The Bertz CT molecular complexity index is 712. The maximum atomic E-state index is 10.9. The quantitative estimate of drug-likeness (QED) is 0.904. The number of carboxylic acids is 1. The second-order valence-electron chi connectivity index (χ2n) is 5.54. The summed E-state index contributed by atoms with van der Waals surface area (Å²) in [6.07, 6.45) is 1.12. The number of hydrogen-bond donors (Lipinski definition) is 1. The Morgan fingerprint density at radius 1 is 1.39 bits per heavy atom. The number of likely N-dealkylation sites (N-methyl/N-ethyl adjacent to an activating group) is 1. The molecule has 23 heavy (non-hydrogen) atoms. The lowest BCUT2D eigenvalue weighted by Gasteiger charge is -2.16. The normalized spacial score (nSPS) is 18.1. The fourth-order valence-electron chi connectivity index (χ4n) is 2.61. The molecule has 0 spiro atoms. The summed E-state index contributed by atoms with van der Waals surface area (Å²) in [6.45, 7) is 1.90. The van der Waals surface area contributed by atoms with Crippen LogP contribution in [0.4, 0.5) is 0 Å². The molecule has 1 saturated heterocycles. The molecule has 122 valence electrons. The molecular weight excluding hydrogens is 300 g/mol. The molecular formula is C16H18N2O5. The van der Waals surface area contributed by atoms with Crippen LogP contribution < -0.4 is 9.47 Å². The standard InChI is InChI=1S/C16H18N2O5/c1-18-6-5-11(9-18)22-13-4-3-10(7-14(13)21-2)12-8-15(16(19)20)23-17-12/h3-4,7-8,11H,5-6,9H2,1-2H3,(H,19,20). The Balaban J connectivity index is 1.82. The van der Waals surface area contributed by atoms with Crippen LogP contribution in [-0.2, 0) is 0 Å². The van der Waals surface area contributed by atoms with E-state index in [1.165, 1.54) is 6.07 Å². The van der Waals surface area contributed by atoms with Gasteiger partial charge in [-0.2, -0.15) is 0 Å². The van der Waals surface area contributed by atoms with Gasteiger partial charge in [-0.05, 0) is 31.7 Å². The molecule has 0 amide bonds. The smallest absolute Gasteiger partial charge is 0.374 e. The van der Waals surface area contributed by atoms with Gasteiger partial charge in [0.2, 0.25) is 5.76 Å². The summed E-state index contributed by atoms with van der Waals surface area (Å²) in [7, 11) is 3.63. The molecule has 1 fully saturated rings. The zero-order valence-electron chi connectivity index (χ0n) is 13.0. The zero-order valence-corrected chi connectivity index (χ0v) is 13.0. The first-order valence-corrected chi connectivity index (χ1v) is 7.30. The Morgan fingerprint density at radius 2 is 2.22 bits per heavy atom. The number of aromatic carboxylic acids is 1. The second kappa shape index (κ2) is 6.29. The number of rotatable bonds is 5. The molecule has 7 heteroatoms. The van der Waals surface area contributed by atoms with Gasteiger partial charge in [0.1, 0.15) is 11.8 Å². The Kier molecular flexibility index (Phi) is 4.20. The maximum absolute atomic E-state index is 10.9. The van der Waals surface area contributed by atoms with Crippen molar-refractivity contribution in [2.75, 3.05) is 27.2 Å². The highest BCUT2D eigenvalue weighted by Gasteiger charge is 2.22. The van der Waals surface area contributed by atoms with Gasteiger partial charge in [-0.1, -0.05) is 5.16 Å². The molecule has 0 saturated carbocycles. The molecule has 2 heterocycles. The molecule has 1 unspecified atom stereocenters. The Hall–Kier alpha value is -2.54. The number of carbonyl (C=O) groups is 1. The van der Waals surface area contributed by atoms with E-state index in [9.17, 15) is 4.79 Å². The van der Waals surface area contributed by atoms with Crippen LogP contribution in [0.1, 0.15) is 17.0 Å². The maximum Gasteiger partial charge on any atom is 0.374 e. The van der Waals surface area contributed by atoms with Gasteiger partial charge < -0.3 is 24.0 Å². The first kappa shape index (κ1) is 15.4. The molecule has 1 aliphatic heterocycles. The predicted molar refractivity (Wildman–Crippen MR) is 82.0 cm³/mol. The van der Waals surface area contributed by atoms with Gasteiger partial charge in [0.25, 0.3) is 0 Å². The van der Waals surface area contributed by atoms with Crippen LogP contribution in [0.25, 0.3) is 11.3 Å². The van der Waals surface area contributed by atoms with Crippen molar-refractivity contribution < 1.29 is 23.9 Å². The number of hydrogen-bond acceptors (Lipinski definition) is 6. The van der Waals surface area contributed by atoms with Crippen molar-refractivity contribution in [2.45, 2.75) is 12.5 Å². The minimum Gasteiger partial charge on any atom is -0.493 e. The van der Waals surface area contributed by atoms with Gasteiger partial charge in [0.15, 0.2) is 11.5 Å². The number of carboxylic acid groups (broad SMARTS) is 1. The van der Waals surface area contributed by atoms with Crippen molar-refractivity contribution >= 4 is 5.97 Å². The Morgan fingerprint density at radius 3 is 2.83 bits per heavy atom. The molecule has 7 nitrogen and oxygen atoms in total. The van der Waals surface area contributed by atoms with Crippen LogP contribution in [0, 0.1) is 0 Å². The Labute approximate surface area is 133 Å². The van der Waals surface area contributed by atoms with Crippen LogP contribution in [-0.4, -0.2) is 54.5 Å². The fourth-order valence-corrected chi connectivity index (χ4v) is 2.61. The first-order chi connectivity index (χ1) is 11.1. The van der Waals surface area contributed by atoms with Gasteiger partial charge >= 0.3 is 5.97 Å². The fraction of sp³-hybridized carbons (Fsp3) is 0.375. The third-order valence-electron chi connectivity index (χ3n) is 3.82. The van der Waals surface area contributed by atoms with Crippen molar-refractivity contribution in [3.05, 3.63) is 30.0 Å². The number of ether oxygens (including phenoxy) is 2. The van der Waals surface area contributed by atoms with E-state index in [0.717, 1.165) is 19.5 Å². The van der Waals surface area contributed by atoms with Crippen molar-refractivity contribution in [3.63, 3.8) is 0 Å². The molecule has 0 radical (unpaired) electrons. The summed E-state index contributed by atoms with van der Waals surface area (Å²) in [5, 5.41) is 12.7. The summed E-state index contributed by atoms with van der Waals surface area (Å²) >= 11 is 0. The number of methoxy groups -OCH3 is 1. The predicted octanol–water partition coefficient (Wildman–Crippen LogP) is 2.13. The lowest BCUT2D eigenvalue weighted by atomic mass is 10.1. The summed E-state index contributed by atoms with van der Waals surface area (Å²) in [6, 6.07) is 6.75. The van der Waals surface area contributed by atoms with E-state index in [4.69, 9.17) is 19.1 Å². The second-order valence-corrected chi connectivity index (χ2v) is 5.54. The highest BCUT2D eigenvalue weighted by atomic mass is 16.5. The van der Waals surface area contributed by atoms with Crippen LogP contribution in [0.15, 0.2) is 28.8 Å². The van der Waals surface area contributed by atoms with Crippen molar-refractivity contribution in [1.29, 1.82) is 0 Å². The summed E-state index contributed by atoms with van der Waals surface area (Å²) in [5.74, 6) is -0.107. The van der Waals surface area contributed by atoms with Crippen molar-refractivity contribution in [3.8, 4) is 22.8 Å². The van der Waals surface area contributed by atoms with Crippen molar-refractivity contribution in [1.82, 2.24) is 10.1 Å². The third kappa shape index (κ3) is 3.29. The average Bonchev–Trinajstić information content (AvgIpc) is 3.17. The molecule has 1 aromatic heterocycles. The monoisotopic (exact) mass is 318 g/mol. The molecule has 1 N–H and O–H groups in total. The van der Waals surface area contributed by atoms with E-state index in [1.807, 2.05) is 6.07 Å². The van der Waals surface area contributed by atoms with Gasteiger partial charge in [-0.3, -0.25) is 0 Å². The zero-order chi connectivity index (χ0) is 16.4. The SMILES string of the molecule is COc1cc(-c2cc(C(=O)O)on2)ccc1OC1CCN(C)C1.